The molecule has 8 heteroatoms. The summed E-state index contributed by atoms with van der Waals surface area (Å²) in [4.78, 5) is 1.28. The van der Waals surface area contributed by atoms with Crippen molar-refractivity contribution in [2.45, 2.75) is 50.6 Å². The predicted octanol–water partition coefficient (Wildman–Crippen LogP) is 2.94. The Bertz CT molecular complexity index is 267. The van der Waals surface area contributed by atoms with Gasteiger partial charge in [-0.05, 0) is 32.9 Å². The Labute approximate surface area is 108 Å². The van der Waals surface area contributed by atoms with Crippen LogP contribution in [0.25, 0.3) is 0 Å². The molecule has 1 saturated heterocycles. The van der Waals surface area contributed by atoms with E-state index in [4.69, 9.17) is 0 Å². The van der Waals surface area contributed by atoms with Crippen LogP contribution in [0.15, 0.2) is 0 Å². The zero-order chi connectivity index (χ0) is 14.7. The molecule has 0 aliphatic carbocycles. The lowest BCUT2D eigenvalue weighted by molar-refractivity contribution is -0.149. The highest BCUT2D eigenvalue weighted by Gasteiger charge is 2.34. The van der Waals surface area contributed by atoms with Gasteiger partial charge in [0.25, 0.3) is 0 Å². The summed E-state index contributed by atoms with van der Waals surface area (Å²) >= 11 is 0. The minimum Gasteiger partial charge on any atom is -0.311 e. The quantitative estimate of drug-likeness (QED) is 0.801. The van der Waals surface area contributed by atoms with E-state index >= 15 is 0 Å². The third-order valence-corrected chi connectivity index (χ3v) is 3.05. The van der Waals surface area contributed by atoms with Crippen molar-refractivity contribution in [3.05, 3.63) is 0 Å². The van der Waals surface area contributed by atoms with Gasteiger partial charge in [-0.1, -0.05) is 0 Å². The minimum atomic E-state index is -4.22. The van der Waals surface area contributed by atoms with Gasteiger partial charge in [0.1, 0.15) is 0 Å². The highest BCUT2D eigenvalue weighted by atomic mass is 19.4. The van der Waals surface area contributed by atoms with Crippen LogP contribution in [0.5, 0.6) is 0 Å². The molecule has 1 atom stereocenters. The number of rotatable bonds is 4. The van der Waals surface area contributed by atoms with E-state index in [9.17, 15) is 26.3 Å². The van der Waals surface area contributed by atoms with Crippen LogP contribution in [0.3, 0.4) is 0 Å². The molecule has 1 heterocycles. The average Bonchev–Trinajstić information content (AvgIpc) is 2.15. The fourth-order valence-corrected chi connectivity index (χ4v) is 2.32. The number of alkyl halides is 6. The summed E-state index contributed by atoms with van der Waals surface area (Å²) in [5, 5.41) is 2.83. The van der Waals surface area contributed by atoms with Gasteiger partial charge < -0.3 is 5.32 Å². The fourth-order valence-electron chi connectivity index (χ4n) is 2.32. The first kappa shape index (κ1) is 16.6. The number of nitrogens with zero attached hydrogens (tertiary/aromatic N) is 1. The van der Waals surface area contributed by atoms with E-state index in [0.29, 0.717) is 12.8 Å². The van der Waals surface area contributed by atoms with Gasteiger partial charge in [-0.2, -0.15) is 26.3 Å². The van der Waals surface area contributed by atoms with Crippen molar-refractivity contribution >= 4 is 0 Å². The largest absolute Gasteiger partial charge is 0.401 e. The maximum absolute atomic E-state index is 12.2. The van der Waals surface area contributed by atoms with Crippen LogP contribution in [0, 0.1) is 0 Å². The number of halogens is 6. The normalized spacial score (nSPS) is 21.6. The third-order valence-electron chi connectivity index (χ3n) is 3.05. The van der Waals surface area contributed by atoms with Gasteiger partial charge in [-0.3, -0.25) is 4.90 Å². The highest BCUT2D eigenvalue weighted by Crippen LogP contribution is 2.23. The molecular formula is C11H18F6N2. The molecule has 0 spiro atoms. The first-order valence-electron chi connectivity index (χ1n) is 6.17. The highest BCUT2D eigenvalue weighted by molar-refractivity contribution is 4.81. The summed E-state index contributed by atoms with van der Waals surface area (Å²) in [5.41, 5.74) is 0. The van der Waals surface area contributed by atoms with Crippen LogP contribution in [0.1, 0.15) is 26.2 Å². The number of hydrogen-bond acceptors (Lipinski definition) is 2. The fraction of sp³-hybridized carbons (Fsp3) is 1.00. The smallest absolute Gasteiger partial charge is 0.311 e. The monoisotopic (exact) mass is 292 g/mol. The summed E-state index contributed by atoms with van der Waals surface area (Å²) in [6.07, 6.45) is -8.47. The second kappa shape index (κ2) is 6.30. The van der Waals surface area contributed by atoms with Crippen LogP contribution in [-0.4, -0.2) is 49.0 Å². The van der Waals surface area contributed by atoms with Crippen molar-refractivity contribution in [1.82, 2.24) is 10.2 Å². The van der Waals surface area contributed by atoms with Crippen LogP contribution in [0.4, 0.5) is 26.3 Å². The molecule has 0 aromatic carbocycles. The van der Waals surface area contributed by atoms with Crippen molar-refractivity contribution in [2.24, 2.45) is 0 Å². The molecule has 0 aromatic rings. The van der Waals surface area contributed by atoms with Gasteiger partial charge in [0.15, 0.2) is 0 Å². The van der Waals surface area contributed by atoms with Crippen molar-refractivity contribution in [3.63, 3.8) is 0 Å². The van der Waals surface area contributed by atoms with Gasteiger partial charge in [0.2, 0.25) is 0 Å². The molecule has 0 aromatic heterocycles. The second-order valence-corrected chi connectivity index (χ2v) is 5.05. The predicted molar refractivity (Wildman–Crippen MR) is 58.8 cm³/mol. The van der Waals surface area contributed by atoms with Gasteiger partial charge in [-0.25, -0.2) is 0 Å². The SMILES string of the molecule is CC(CC(F)(F)F)NC1CCN(CC(F)(F)F)CC1. The molecular weight excluding hydrogens is 274 g/mol. The summed E-state index contributed by atoms with van der Waals surface area (Å²) < 4.78 is 72.9. The van der Waals surface area contributed by atoms with Crippen LogP contribution < -0.4 is 5.32 Å². The molecule has 1 rings (SSSR count). The van der Waals surface area contributed by atoms with E-state index in [2.05, 4.69) is 5.32 Å². The van der Waals surface area contributed by atoms with E-state index in [1.54, 1.807) is 0 Å². The van der Waals surface area contributed by atoms with E-state index in [1.165, 1.54) is 11.8 Å². The molecule has 114 valence electrons. The Morgan fingerprint density at radius 2 is 1.58 bits per heavy atom. The van der Waals surface area contributed by atoms with E-state index in [1.807, 2.05) is 0 Å². The Kier molecular flexibility index (Phi) is 5.49. The van der Waals surface area contributed by atoms with Crippen LogP contribution >= 0.6 is 0 Å². The minimum absolute atomic E-state index is 0.137. The Hall–Kier alpha value is -0.500. The van der Waals surface area contributed by atoms with E-state index < -0.39 is 31.4 Å². The number of nitrogens with one attached hydrogen (secondary N) is 1. The van der Waals surface area contributed by atoms with Gasteiger partial charge in [0.05, 0.1) is 13.0 Å². The van der Waals surface area contributed by atoms with Gasteiger partial charge >= 0.3 is 12.4 Å². The van der Waals surface area contributed by atoms with Crippen molar-refractivity contribution in [3.8, 4) is 0 Å². The Morgan fingerprint density at radius 1 is 1.05 bits per heavy atom. The molecule has 0 radical (unpaired) electrons. The molecule has 1 aliphatic rings. The third kappa shape index (κ3) is 7.61. The lowest BCUT2D eigenvalue weighted by Crippen LogP contribution is -2.48. The van der Waals surface area contributed by atoms with E-state index in [-0.39, 0.29) is 19.1 Å². The number of piperidine rings is 1. The molecule has 0 bridgehead atoms. The second-order valence-electron chi connectivity index (χ2n) is 5.05. The lowest BCUT2D eigenvalue weighted by atomic mass is 10.0. The van der Waals surface area contributed by atoms with Crippen molar-refractivity contribution < 1.29 is 26.3 Å². The van der Waals surface area contributed by atoms with Crippen LogP contribution in [0.2, 0.25) is 0 Å². The molecule has 19 heavy (non-hydrogen) atoms. The first-order chi connectivity index (χ1) is 8.55. The molecule has 1 N–H and O–H groups in total. The Balaban J connectivity index is 2.27. The number of likely N-dealkylation sites (tertiary alicyclic amines) is 1. The molecule has 1 unspecified atom stereocenters. The standard InChI is InChI=1S/C11H18F6N2/c1-8(6-10(12,13)14)18-9-2-4-19(5-3-9)7-11(15,16)17/h8-9,18H,2-7H2,1H3. The summed E-state index contributed by atoms with van der Waals surface area (Å²) in [6.45, 7) is 1.01. The van der Waals surface area contributed by atoms with Gasteiger partial charge in [-0.15, -0.1) is 0 Å². The number of hydrogen-bond donors (Lipinski definition) is 1. The maximum Gasteiger partial charge on any atom is 0.401 e. The van der Waals surface area contributed by atoms with Crippen molar-refractivity contribution in [2.75, 3.05) is 19.6 Å². The lowest BCUT2D eigenvalue weighted by Gasteiger charge is -2.34. The molecule has 1 fully saturated rings. The average molecular weight is 292 g/mol. The topological polar surface area (TPSA) is 15.3 Å². The van der Waals surface area contributed by atoms with Crippen molar-refractivity contribution in [1.29, 1.82) is 0 Å². The molecule has 0 saturated carbocycles. The molecule has 0 amide bonds. The Morgan fingerprint density at radius 3 is 2.00 bits per heavy atom. The molecule has 2 nitrogen and oxygen atoms in total. The van der Waals surface area contributed by atoms with E-state index in [0.717, 1.165) is 0 Å². The summed E-state index contributed by atoms with van der Waals surface area (Å²) in [5.74, 6) is 0. The molecule has 1 aliphatic heterocycles. The maximum atomic E-state index is 12.2. The summed E-state index contributed by atoms with van der Waals surface area (Å²) in [6, 6.07) is -0.846. The summed E-state index contributed by atoms with van der Waals surface area (Å²) in [7, 11) is 0. The zero-order valence-corrected chi connectivity index (χ0v) is 10.6. The van der Waals surface area contributed by atoms with Crippen LogP contribution in [-0.2, 0) is 0 Å². The van der Waals surface area contributed by atoms with Gasteiger partial charge in [0, 0.05) is 12.1 Å². The zero-order valence-electron chi connectivity index (χ0n) is 10.6. The first-order valence-corrected chi connectivity index (χ1v) is 6.17.